The normalized spacial score (nSPS) is 14.1. The van der Waals surface area contributed by atoms with E-state index in [9.17, 15) is 18.0 Å². The molecule has 1 heterocycles. The number of fused-ring (bicyclic) bond motifs is 1. The highest BCUT2D eigenvalue weighted by atomic mass is 19.4. The van der Waals surface area contributed by atoms with Crippen molar-refractivity contribution < 1.29 is 18.0 Å². The number of rotatable bonds is 2. The van der Waals surface area contributed by atoms with Crippen LogP contribution in [0.5, 0.6) is 0 Å². The van der Waals surface area contributed by atoms with Crippen LogP contribution in [0.4, 0.5) is 18.9 Å². The van der Waals surface area contributed by atoms with Crippen molar-refractivity contribution in [2.75, 3.05) is 4.90 Å². The third kappa shape index (κ3) is 2.51. The number of hydrogen-bond acceptors (Lipinski definition) is 2. The fraction of sp³-hybridized carbons (Fsp3) is 0.188. The Morgan fingerprint density at radius 3 is 2.14 bits per heavy atom. The summed E-state index contributed by atoms with van der Waals surface area (Å²) in [5, 5.41) is 0. The van der Waals surface area contributed by atoms with Crippen LogP contribution in [-0.2, 0) is 19.3 Å². The summed E-state index contributed by atoms with van der Waals surface area (Å²) in [4.78, 5) is 12.6. The first-order valence-corrected chi connectivity index (χ1v) is 6.47. The summed E-state index contributed by atoms with van der Waals surface area (Å²) in [6.07, 6.45) is -4.29. The van der Waals surface area contributed by atoms with E-state index in [4.69, 9.17) is 0 Å². The molecule has 108 valence electrons. The lowest BCUT2D eigenvalue weighted by atomic mass is 10.1. The Morgan fingerprint density at radius 1 is 1.00 bits per heavy atom. The van der Waals surface area contributed by atoms with Crippen molar-refractivity contribution in [3.8, 4) is 0 Å². The van der Waals surface area contributed by atoms with Gasteiger partial charge in [-0.05, 0) is 29.3 Å². The molecule has 0 bridgehead atoms. The van der Waals surface area contributed by atoms with E-state index in [-0.39, 0.29) is 11.8 Å². The second-order valence-electron chi connectivity index (χ2n) is 5.01. The Kier molecular flexibility index (Phi) is 3.20. The number of anilines is 1. The van der Waals surface area contributed by atoms with Crippen molar-refractivity contribution in [1.82, 2.24) is 0 Å². The van der Waals surface area contributed by atoms with Crippen molar-refractivity contribution in [3.63, 3.8) is 0 Å². The zero-order valence-corrected chi connectivity index (χ0v) is 11.0. The molecular formula is C16H12F3NO. The molecule has 0 saturated heterocycles. The Morgan fingerprint density at radius 2 is 1.62 bits per heavy atom. The van der Waals surface area contributed by atoms with E-state index >= 15 is 0 Å². The van der Waals surface area contributed by atoms with Crippen molar-refractivity contribution in [2.24, 2.45) is 0 Å². The van der Waals surface area contributed by atoms with Crippen LogP contribution >= 0.6 is 0 Å². The van der Waals surface area contributed by atoms with Gasteiger partial charge < -0.3 is 4.90 Å². The van der Waals surface area contributed by atoms with Crippen LogP contribution in [0.15, 0.2) is 42.5 Å². The molecule has 21 heavy (non-hydrogen) atoms. The van der Waals surface area contributed by atoms with Crippen LogP contribution in [0.25, 0.3) is 0 Å². The Hall–Kier alpha value is -2.30. The molecular weight excluding hydrogens is 279 g/mol. The second-order valence-corrected chi connectivity index (χ2v) is 5.01. The van der Waals surface area contributed by atoms with E-state index in [0.29, 0.717) is 18.8 Å². The van der Waals surface area contributed by atoms with Crippen molar-refractivity contribution >= 4 is 12.0 Å². The maximum absolute atomic E-state index is 13.0. The van der Waals surface area contributed by atoms with Crippen molar-refractivity contribution in [3.05, 3.63) is 64.7 Å². The Labute approximate surface area is 119 Å². The van der Waals surface area contributed by atoms with Crippen LogP contribution < -0.4 is 4.90 Å². The lowest BCUT2D eigenvalue weighted by molar-refractivity contribution is -0.137. The van der Waals surface area contributed by atoms with Crippen LogP contribution in [0.1, 0.15) is 27.0 Å². The summed E-state index contributed by atoms with van der Waals surface area (Å²) in [6.45, 7) is 1.15. The molecule has 1 aliphatic heterocycles. The monoisotopic (exact) mass is 291 g/mol. The van der Waals surface area contributed by atoms with Crippen LogP contribution in [-0.4, -0.2) is 6.29 Å². The van der Waals surface area contributed by atoms with Gasteiger partial charge in [-0.1, -0.05) is 24.3 Å². The number of nitrogens with zero attached hydrogens (tertiary/aromatic N) is 1. The summed E-state index contributed by atoms with van der Waals surface area (Å²) >= 11 is 0. The van der Waals surface area contributed by atoms with E-state index in [1.54, 1.807) is 6.07 Å². The van der Waals surface area contributed by atoms with Crippen molar-refractivity contribution in [2.45, 2.75) is 19.3 Å². The van der Waals surface area contributed by atoms with Gasteiger partial charge >= 0.3 is 6.18 Å². The summed E-state index contributed by atoms with van der Waals surface area (Å²) in [5.41, 5.74) is 1.49. The number of hydrogen-bond donors (Lipinski definition) is 0. The smallest absolute Gasteiger partial charge is 0.363 e. The minimum atomic E-state index is -4.53. The molecule has 0 fully saturated rings. The summed E-state index contributed by atoms with van der Waals surface area (Å²) < 4.78 is 39.0. The van der Waals surface area contributed by atoms with Crippen LogP contribution in [0.3, 0.4) is 0 Å². The van der Waals surface area contributed by atoms with E-state index in [1.165, 1.54) is 6.07 Å². The van der Waals surface area contributed by atoms with Gasteiger partial charge in [-0.15, -0.1) is 0 Å². The van der Waals surface area contributed by atoms with Gasteiger partial charge in [0.2, 0.25) is 0 Å². The largest absolute Gasteiger partial charge is 0.417 e. The van der Waals surface area contributed by atoms with Crippen LogP contribution in [0.2, 0.25) is 0 Å². The predicted octanol–water partition coefficient (Wildman–Crippen LogP) is 4.04. The third-order valence-corrected chi connectivity index (χ3v) is 3.68. The van der Waals surface area contributed by atoms with Gasteiger partial charge in [0.05, 0.1) is 5.56 Å². The molecule has 5 heteroatoms. The maximum atomic E-state index is 13.0. The number of alkyl halides is 3. The third-order valence-electron chi connectivity index (χ3n) is 3.68. The number of aldehydes is 1. The SMILES string of the molecule is O=Cc1ccc(N2Cc3ccccc3C2)cc1C(F)(F)F. The molecule has 2 aromatic carbocycles. The molecule has 0 atom stereocenters. The molecule has 0 spiro atoms. The first-order valence-electron chi connectivity index (χ1n) is 6.47. The molecule has 0 N–H and O–H groups in total. The highest BCUT2D eigenvalue weighted by Crippen LogP contribution is 2.36. The highest BCUT2D eigenvalue weighted by molar-refractivity contribution is 5.79. The predicted molar refractivity (Wildman–Crippen MR) is 73.2 cm³/mol. The lowest BCUT2D eigenvalue weighted by Crippen LogP contribution is -2.17. The molecule has 0 radical (unpaired) electrons. The number of carbonyl (C=O) groups excluding carboxylic acids is 1. The first-order chi connectivity index (χ1) is 9.99. The van der Waals surface area contributed by atoms with Gasteiger partial charge in [0.25, 0.3) is 0 Å². The number of benzene rings is 2. The standard InChI is InChI=1S/C16H12F3NO/c17-16(18,19)15-7-14(6-5-13(15)10-21)20-8-11-3-1-2-4-12(11)9-20/h1-7,10H,8-9H2. The molecule has 3 rings (SSSR count). The van der Waals surface area contributed by atoms with E-state index in [0.717, 1.165) is 17.2 Å². The maximum Gasteiger partial charge on any atom is 0.417 e. The second kappa shape index (κ2) is 4.91. The number of halogens is 3. The molecule has 0 aliphatic carbocycles. The van der Waals surface area contributed by atoms with Gasteiger partial charge in [0.15, 0.2) is 6.29 Å². The van der Waals surface area contributed by atoms with Gasteiger partial charge in [0.1, 0.15) is 0 Å². The van der Waals surface area contributed by atoms with Crippen molar-refractivity contribution in [1.29, 1.82) is 0 Å². The highest BCUT2D eigenvalue weighted by Gasteiger charge is 2.34. The number of carbonyl (C=O) groups is 1. The van der Waals surface area contributed by atoms with E-state index < -0.39 is 11.7 Å². The lowest BCUT2D eigenvalue weighted by Gasteiger charge is -2.20. The molecule has 2 nitrogen and oxygen atoms in total. The molecule has 0 amide bonds. The minimum absolute atomic E-state index is 0.241. The molecule has 0 saturated carbocycles. The quantitative estimate of drug-likeness (QED) is 0.778. The average molecular weight is 291 g/mol. The molecule has 1 aliphatic rings. The fourth-order valence-electron chi connectivity index (χ4n) is 2.60. The van der Waals surface area contributed by atoms with Gasteiger partial charge in [-0.25, -0.2) is 0 Å². The zero-order valence-electron chi connectivity index (χ0n) is 11.0. The van der Waals surface area contributed by atoms with Gasteiger partial charge in [-0.3, -0.25) is 4.79 Å². The van der Waals surface area contributed by atoms with E-state index in [1.807, 2.05) is 29.2 Å². The van der Waals surface area contributed by atoms with Crippen LogP contribution in [0, 0.1) is 0 Å². The molecule has 0 unspecified atom stereocenters. The van der Waals surface area contributed by atoms with Gasteiger partial charge in [0, 0.05) is 24.3 Å². The molecule has 2 aromatic rings. The molecule has 0 aromatic heterocycles. The summed E-state index contributed by atoms with van der Waals surface area (Å²) in [6, 6.07) is 11.6. The topological polar surface area (TPSA) is 20.3 Å². The minimum Gasteiger partial charge on any atom is -0.363 e. The zero-order chi connectivity index (χ0) is 15.0. The van der Waals surface area contributed by atoms with E-state index in [2.05, 4.69) is 0 Å². The first kappa shape index (κ1) is 13.7. The van der Waals surface area contributed by atoms with Gasteiger partial charge in [-0.2, -0.15) is 13.2 Å². The average Bonchev–Trinajstić information content (AvgIpc) is 2.89. The Bertz CT molecular complexity index is 669. The summed E-state index contributed by atoms with van der Waals surface area (Å²) in [5.74, 6) is 0. The fourth-order valence-corrected chi connectivity index (χ4v) is 2.60. The summed E-state index contributed by atoms with van der Waals surface area (Å²) in [7, 11) is 0. The Balaban J connectivity index is 1.97.